The van der Waals surface area contributed by atoms with E-state index in [1.165, 1.54) is 6.07 Å². The molecule has 1 aromatic rings. The first-order valence-corrected chi connectivity index (χ1v) is 4.87. The Hall–Kier alpha value is -1.14. The minimum absolute atomic E-state index is 0.201. The van der Waals surface area contributed by atoms with Crippen molar-refractivity contribution in [3.05, 3.63) is 18.3 Å². The van der Waals surface area contributed by atoms with Crippen LogP contribution in [0.25, 0.3) is 0 Å². The van der Waals surface area contributed by atoms with Crippen LogP contribution in [0, 0.1) is 0 Å². The van der Waals surface area contributed by atoms with Crippen LogP contribution in [-0.2, 0) is 10.0 Å². The zero-order valence-electron chi connectivity index (χ0n) is 6.11. The maximum atomic E-state index is 11.3. The highest BCUT2D eigenvalue weighted by molar-refractivity contribution is 7.89. The average Bonchev–Trinajstić information content (AvgIpc) is 2.04. The van der Waals surface area contributed by atoms with Crippen molar-refractivity contribution < 1.29 is 8.42 Å². The highest BCUT2D eigenvalue weighted by Crippen LogP contribution is 2.19. The van der Waals surface area contributed by atoms with E-state index in [1.807, 2.05) is 0 Å². The van der Waals surface area contributed by atoms with E-state index in [0.717, 1.165) is 0 Å². The molecule has 0 saturated heterocycles. The van der Waals surface area contributed by atoms with E-state index in [0.29, 0.717) is 5.82 Å². The van der Waals surface area contributed by atoms with Crippen LogP contribution in [0.15, 0.2) is 23.2 Å². The number of sulfonamides is 1. The number of aromatic nitrogens is 1. The maximum absolute atomic E-state index is 11.3. The third-order valence-corrected chi connectivity index (χ3v) is 3.01. The molecule has 2 rings (SSSR count). The number of nitrogens with zero attached hydrogens (tertiary/aromatic N) is 1. The molecule has 0 bridgehead atoms. The summed E-state index contributed by atoms with van der Waals surface area (Å²) in [6.07, 6.45) is 1.55. The van der Waals surface area contributed by atoms with Crippen LogP contribution < -0.4 is 10.0 Å². The van der Waals surface area contributed by atoms with Gasteiger partial charge in [-0.05, 0) is 12.1 Å². The van der Waals surface area contributed by atoms with Gasteiger partial charge in [-0.15, -0.1) is 0 Å². The highest BCUT2D eigenvalue weighted by atomic mass is 32.2. The molecule has 0 aliphatic carbocycles. The summed E-state index contributed by atoms with van der Waals surface area (Å²) >= 11 is 0. The van der Waals surface area contributed by atoms with Gasteiger partial charge in [0, 0.05) is 6.20 Å². The van der Waals surface area contributed by atoms with Gasteiger partial charge in [-0.2, -0.15) is 4.72 Å². The summed E-state index contributed by atoms with van der Waals surface area (Å²) in [6, 6.07) is 3.10. The minimum Gasteiger partial charge on any atom is -0.355 e. The number of nitrogens with one attached hydrogen (secondary N) is 2. The van der Waals surface area contributed by atoms with Crippen molar-refractivity contribution in [3.63, 3.8) is 0 Å². The van der Waals surface area contributed by atoms with Gasteiger partial charge in [0.2, 0.25) is 10.0 Å². The molecule has 0 spiro atoms. The van der Waals surface area contributed by atoms with Crippen LogP contribution in [0.1, 0.15) is 0 Å². The maximum Gasteiger partial charge on any atom is 0.245 e. The van der Waals surface area contributed by atoms with Gasteiger partial charge in [-0.25, -0.2) is 13.4 Å². The van der Waals surface area contributed by atoms with E-state index in [2.05, 4.69) is 15.0 Å². The molecule has 1 aliphatic heterocycles. The van der Waals surface area contributed by atoms with Crippen molar-refractivity contribution in [1.29, 1.82) is 0 Å². The third kappa shape index (κ3) is 1.05. The average molecular weight is 185 g/mol. The standard InChI is InChI=1S/C6H7N3O2S/c10-12(11)5-2-1-3-7-6(5)8-4-9-12/h1-3,9H,4H2,(H,7,8). The van der Waals surface area contributed by atoms with Gasteiger partial charge in [0.25, 0.3) is 0 Å². The third-order valence-electron chi connectivity index (χ3n) is 1.58. The quantitative estimate of drug-likeness (QED) is 0.584. The van der Waals surface area contributed by atoms with Gasteiger partial charge in [0.05, 0.1) is 6.67 Å². The molecule has 0 aromatic carbocycles. The van der Waals surface area contributed by atoms with Gasteiger partial charge in [0.1, 0.15) is 10.7 Å². The molecular weight excluding hydrogens is 178 g/mol. The van der Waals surface area contributed by atoms with E-state index in [4.69, 9.17) is 0 Å². The van der Waals surface area contributed by atoms with Crippen molar-refractivity contribution in [2.24, 2.45) is 0 Å². The molecular formula is C6H7N3O2S. The molecule has 5 nitrogen and oxygen atoms in total. The summed E-state index contributed by atoms with van der Waals surface area (Å²) < 4.78 is 24.9. The van der Waals surface area contributed by atoms with E-state index in [9.17, 15) is 8.42 Å². The molecule has 1 aliphatic rings. The lowest BCUT2D eigenvalue weighted by Gasteiger charge is -2.17. The molecule has 0 unspecified atom stereocenters. The summed E-state index contributed by atoms with van der Waals surface area (Å²) in [7, 11) is -3.32. The van der Waals surface area contributed by atoms with Gasteiger partial charge in [-0.3, -0.25) is 0 Å². The van der Waals surface area contributed by atoms with Gasteiger partial charge in [-0.1, -0.05) is 0 Å². The second kappa shape index (κ2) is 2.43. The second-order valence-electron chi connectivity index (χ2n) is 2.35. The minimum atomic E-state index is -3.32. The number of pyridine rings is 1. The summed E-state index contributed by atoms with van der Waals surface area (Å²) in [6.45, 7) is 0.201. The van der Waals surface area contributed by atoms with Crippen molar-refractivity contribution >= 4 is 15.8 Å². The van der Waals surface area contributed by atoms with Gasteiger partial charge in [0.15, 0.2) is 0 Å². The predicted molar refractivity (Wildman–Crippen MR) is 43.0 cm³/mol. The molecule has 0 amide bonds. The Bertz CT molecular complexity index is 401. The first kappa shape index (κ1) is 7.51. The van der Waals surface area contributed by atoms with Crippen molar-refractivity contribution in [2.75, 3.05) is 12.0 Å². The molecule has 0 radical (unpaired) electrons. The Kier molecular flexibility index (Phi) is 1.52. The fourth-order valence-corrected chi connectivity index (χ4v) is 2.09. The van der Waals surface area contributed by atoms with E-state index < -0.39 is 10.0 Å². The topological polar surface area (TPSA) is 71.1 Å². The normalized spacial score (nSPS) is 19.3. The monoisotopic (exact) mass is 185 g/mol. The number of rotatable bonds is 0. The molecule has 1 aromatic heterocycles. The van der Waals surface area contributed by atoms with Crippen molar-refractivity contribution in [2.45, 2.75) is 4.90 Å². The summed E-state index contributed by atoms with van der Waals surface area (Å²) in [5.74, 6) is 0.413. The zero-order chi connectivity index (χ0) is 8.60. The first-order chi connectivity index (χ1) is 5.70. The van der Waals surface area contributed by atoms with E-state index in [-0.39, 0.29) is 11.6 Å². The molecule has 0 fully saturated rings. The molecule has 6 heteroatoms. The summed E-state index contributed by atoms with van der Waals surface area (Å²) in [5.41, 5.74) is 0. The van der Waals surface area contributed by atoms with E-state index >= 15 is 0 Å². The summed E-state index contributed by atoms with van der Waals surface area (Å²) in [5, 5.41) is 2.82. The Balaban J connectivity index is 2.67. The van der Waals surface area contributed by atoms with Crippen LogP contribution in [0.2, 0.25) is 0 Å². The smallest absolute Gasteiger partial charge is 0.245 e. The van der Waals surface area contributed by atoms with Crippen LogP contribution in [0.3, 0.4) is 0 Å². The number of hydrogen-bond donors (Lipinski definition) is 2. The molecule has 64 valence electrons. The second-order valence-corrected chi connectivity index (χ2v) is 4.09. The van der Waals surface area contributed by atoms with Gasteiger partial charge < -0.3 is 5.32 Å². The lowest BCUT2D eigenvalue weighted by Crippen LogP contribution is -2.34. The van der Waals surface area contributed by atoms with E-state index in [1.54, 1.807) is 12.3 Å². The zero-order valence-corrected chi connectivity index (χ0v) is 6.93. The predicted octanol–water partition coefficient (Wildman–Crippen LogP) is -0.257. The summed E-state index contributed by atoms with van der Waals surface area (Å²) in [4.78, 5) is 4.09. The van der Waals surface area contributed by atoms with Crippen molar-refractivity contribution in [3.8, 4) is 0 Å². The number of fused-ring (bicyclic) bond motifs is 1. The SMILES string of the molecule is O=S1(=O)NCNc2ncccc21. The lowest BCUT2D eigenvalue weighted by atomic mass is 10.4. The van der Waals surface area contributed by atoms with Crippen LogP contribution >= 0.6 is 0 Å². The van der Waals surface area contributed by atoms with Crippen LogP contribution in [0.4, 0.5) is 5.82 Å². The Morgan fingerprint density at radius 1 is 1.50 bits per heavy atom. The lowest BCUT2D eigenvalue weighted by molar-refractivity contribution is 0.580. The fraction of sp³-hybridized carbons (Fsp3) is 0.167. The number of anilines is 1. The van der Waals surface area contributed by atoms with Crippen LogP contribution in [-0.4, -0.2) is 20.1 Å². The Morgan fingerprint density at radius 2 is 2.33 bits per heavy atom. The molecule has 2 heterocycles. The molecule has 0 atom stereocenters. The Morgan fingerprint density at radius 3 is 3.08 bits per heavy atom. The molecule has 2 N–H and O–H groups in total. The highest BCUT2D eigenvalue weighted by Gasteiger charge is 2.22. The fourth-order valence-electron chi connectivity index (χ4n) is 1.03. The molecule has 0 saturated carbocycles. The largest absolute Gasteiger partial charge is 0.355 e. The Labute approximate surface area is 69.9 Å². The first-order valence-electron chi connectivity index (χ1n) is 3.39. The van der Waals surface area contributed by atoms with Gasteiger partial charge >= 0.3 is 0 Å². The number of hydrogen-bond acceptors (Lipinski definition) is 4. The van der Waals surface area contributed by atoms with Crippen molar-refractivity contribution in [1.82, 2.24) is 9.71 Å². The van der Waals surface area contributed by atoms with Crippen LogP contribution in [0.5, 0.6) is 0 Å². The molecule has 12 heavy (non-hydrogen) atoms.